The van der Waals surface area contributed by atoms with Gasteiger partial charge in [-0.1, -0.05) is 12.1 Å². The standard InChI is InChI=1S/C32H30N6O8/c1-44-27-15-23-25(16-28(27)45-2)33-18-34-29(23)35-12-10-21(11-13-35)37-30(39)24-14-22(38(42)43)8-9-26(24)36(32(37)41)17-19-4-6-20(7-5-19)31(40)46-3/h4-9,14-16,18,21H,10-13,17H2,1-3H3. The number of fused-ring (bicyclic) bond motifs is 2. The maximum absolute atomic E-state index is 14.1. The number of esters is 1. The van der Waals surface area contributed by atoms with Crippen LogP contribution in [0.25, 0.3) is 21.8 Å². The first-order chi connectivity index (χ1) is 22.2. The lowest BCUT2D eigenvalue weighted by molar-refractivity contribution is -0.384. The molecule has 0 aliphatic carbocycles. The molecule has 0 atom stereocenters. The molecule has 3 aromatic carbocycles. The highest BCUT2D eigenvalue weighted by atomic mass is 16.6. The minimum absolute atomic E-state index is 0.0743. The molecule has 1 saturated heterocycles. The molecule has 0 unspecified atom stereocenters. The molecule has 1 fully saturated rings. The summed E-state index contributed by atoms with van der Waals surface area (Å²) in [6.07, 6.45) is 2.37. The van der Waals surface area contributed by atoms with Crippen LogP contribution in [0.4, 0.5) is 11.5 Å². The van der Waals surface area contributed by atoms with Crippen molar-refractivity contribution < 1.29 is 23.9 Å². The highest BCUT2D eigenvalue weighted by Gasteiger charge is 2.28. The van der Waals surface area contributed by atoms with Gasteiger partial charge in [0.05, 0.1) is 54.8 Å². The summed E-state index contributed by atoms with van der Waals surface area (Å²) in [4.78, 5) is 61.8. The number of anilines is 1. The summed E-state index contributed by atoms with van der Waals surface area (Å²) in [6, 6.07) is 13.6. The van der Waals surface area contributed by atoms with Gasteiger partial charge in [0, 0.05) is 42.7 Å². The van der Waals surface area contributed by atoms with Crippen LogP contribution >= 0.6 is 0 Å². The summed E-state index contributed by atoms with van der Waals surface area (Å²) in [6.45, 7) is 1.05. The van der Waals surface area contributed by atoms with Crippen LogP contribution in [0.1, 0.15) is 34.8 Å². The van der Waals surface area contributed by atoms with Gasteiger partial charge in [0.25, 0.3) is 11.2 Å². The van der Waals surface area contributed by atoms with Crippen molar-refractivity contribution in [2.75, 3.05) is 39.3 Å². The molecule has 1 aliphatic rings. The highest BCUT2D eigenvalue weighted by Crippen LogP contribution is 2.36. The summed E-state index contributed by atoms with van der Waals surface area (Å²) in [5.74, 6) is 1.29. The van der Waals surface area contributed by atoms with Gasteiger partial charge in [-0.3, -0.25) is 24.0 Å². The van der Waals surface area contributed by atoms with E-state index in [4.69, 9.17) is 14.2 Å². The fourth-order valence-electron chi connectivity index (χ4n) is 5.97. The summed E-state index contributed by atoms with van der Waals surface area (Å²) in [7, 11) is 4.40. The highest BCUT2D eigenvalue weighted by molar-refractivity contribution is 5.92. The van der Waals surface area contributed by atoms with Gasteiger partial charge in [-0.25, -0.2) is 19.6 Å². The number of aromatic nitrogens is 4. The normalized spacial score (nSPS) is 13.6. The van der Waals surface area contributed by atoms with Crippen LogP contribution < -0.4 is 25.6 Å². The third-order valence-electron chi connectivity index (χ3n) is 8.33. The quantitative estimate of drug-likeness (QED) is 0.140. The number of hydrogen-bond acceptors (Lipinski definition) is 11. The van der Waals surface area contributed by atoms with Crippen LogP contribution in [-0.4, -0.2) is 64.4 Å². The molecule has 2 aromatic heterocycles. The van der Waals surface area contributed by atoms with Crippen molar-refractivity contribution in [2.45, 2.75) is 25.4 Å². The third-order valence-corrected chi connectivity index (χ3v) is 8.33. The Kier molecular flexibility index (Phi) is 8.09. The van der Waals surface area contributed by atoms with Gasteiger partial charge in [-0.15, -0.1) is 0 Å². The first-order valence-corrected chi connectivity index (χ1v) is 14.5. The molecular formula is C32H30N6O8. The van der Waals surface area contributed by atoms with Gasteiger partial charge in [0.1, 0.15) is 12.1 Å². The van der Waals surface area contributed by atoms with E-state index in [1.165, 1.54) is 40.8 Å². The van der Waals surface area contributed by atoms with E-state index in [1.807, 2.05) is 6.07 Å². The molecule has 0 saturated carbocycles. The number of non-ortho nitro benzene ring substituents is 1. The Morgan fingerprint density at radius 1 is 0.935 bits per heavy atom. The molecule has 5 aromatic rings. The van der Waals surface area contributed by atoms with E-state index in [2.05, 4.69) is 14.9 Å². The van der Waals surface area contributed by atoms with E-state index < -0.39 is 28.2 Å². The maximum atomic E-state index is 14.1. The van der Waals surface area contributed by atoms with Crippen molar-refractivity contribution in [3.05, 3.63) is 103 Å². The van der Waals surface area contributed by atoms with Crippen LogP contribution in [-0.2, 0) is 11.3 Å². The number of hydrogen-bond donors (Lipinski definition) is 0. The first kappa shape index (κ1) is 30.2. The Labute approximate surface area is 261 Å². The van der Waals surface area contributed by atoms with Crippen molar-refractivity contribution in [1.29, 1.82) is 0 Å². The third kappa shape index (κ3) is 5.38. The second-order valence-corrected chi connectivity index (χ2v) is 10.8. The molecule has 0 spiro atoms. The minimum Gasteiger partial charge on any atom is -0.493 e. The van der Waals surface area contributed by atoms with Crippen molar-refractivity contribution in [3.8, 4) is 11.5 Å². The number of ether oxygens (including phenoxy) is 3. The van der Waals surface area contributed by atoms with E-state index in [9.17, 15) is 24.5 Å². The largest absolute Gasteiger partial charge is 0.493 e. The van der Waals surface area contributed by atoms with Crippen molar-refractivity contribution in [3.63, 3.8) is 0 Å². The van der Waals surface area contributed by atoms with Gasteiger partial charge < -0.3 is 19.1 Å². The van der Waals surface area contributed by atoms with Gasteiger partial charge in [-0.2, -0.15) is 0 Å². The molecule has 1 aliphatic heterocycles. The molecule has 46 heavy (non-hydrogen) atoms. The number of nitrogens with zero attached hydrogens (tertiary/aromatic N) is 6. The summed E-state index contributed by atoms with van der Waals surface area (Å²) in [5, 5.41) is 12.4. The van der Waals surface area contributed by atoms with Crippen LogP contribution in [0.3, 0.4) is 0 Å². The monoisotopic (exact) mass is 626 g/mol. The van der Waals surface area contributed by atoms with Crippen LogP contribution in [0, 0.1) is 10.1 Å². The van der Waals surface area contributed by atoms with E-state index in [0.717, 1.165) is 5.39 Å². The predicted octanol–water partition coefficient (Wildman–Crippen LogP) is 3.71. The fraction of sp³-hybridized carbons (Fsp3) is 0.281. The number of piperidine rings is 1. The van der Waals surface area contributed by atoms with Crippen LogP contribution in [0.5, 0.6) is 11.5 Å². The number of carbonyl (C=O) groups excluding carboxylic acids is 1. The molecule has 0 bridgehead atoms. The van der Waals surface area contributed by atoms with E-state index in [-0.39, 0.29) is 23.1 Å². The SMILES string of the molecule is COC(=O)c1ccc(Cn2c(=O)n(C3CCN(c4ncnc5cc(OC)c(OC)cc45)CC3)c(=O)c3cc([N+](=O)[O-])ccc32)cc1. The van der Waals surface area contributed by atoms with Crippen LogP contribution in [0.15, 0.2) is 70.5 Å². The van der Waals surface area contributed by atoms with E-state index in [0.29, 0.717) is 59.9 Å². The Bertz CT molecular complexity index is 2100. The minimum atomic E-state index is -0.580. The Morgan fingerprint density at radius 3 is 2.28 bits per heavy atom. The first-order valence-electron chi connectivity index (χ1n) is 14.5. The van der Waals surface area contributed by atoms with E-state index >= 15 is 0 Å². The van der Waals surface area contributed by atoms with Crippen molar-refractivity contribution >= 4 is 39.3 Å². The average Bonchev–Trinajstić information content (AvgIpc) is 3.09. The van der Waals surface area contributed by atoms with E-state index in [1.54, 1.807) is 44.6 Å². The van der Waals surface area contributed by atoms with Gasteiger partial charge in [0.15, 0.2) is 11.5 Å². The molecule has 236 valence electrons. The smallest absolute Gasteiger partial charge is 0.337 e. The van der Waals surface area contributed by atoms with Gasteiger partial charge in [0.2, 0.25) is 0 Å². The molecule has 3 heterocycles. The molecule has 0 amide bonds. The fourth-order valence-corrected chi connectivity index (χ4v) is 5.97. The zero-order chi connectivity index (χ0) is 32.5. The lowest BCUT2D eigenvalue weighted by Gasteiger charge is -2.34. The second kappa shape index (κ2) is 12.3. The zero-order valence-electron chi connectivity index (χ0n) is 25.3. The lowest BCUT2D eigenvalue weighted by atomic mass is 10.0. The number of nitro groups is 1. The summed E-state index contributed by atoms with van der Waals surface area (Å²) >= 11 is 0. The average molecular weight is 627 g/mol. The zero-order valence-corrected chi connectivity index (χ0v) is 25.3. The van der Waals surface area contributed by atoms with Gasteiger partial charge >= 0.3 is 11.7 Å². The Balaban J connectivity index is 1.37. The molecule has 0 N–H and O–H groups in total. The van der Waals surface area contributed by atoms with Gasteiger partial charge in [-0.05, 0) is 42.7 Å². The van der Waals surface area contributed by atoms with Crippen molar-refractivity contribution in [1.82, 2.24) is 19.1 Å². The molecule has 6 rings (SSSR count). The lowest BCUT2D eigenvalue weighted by Crippen LogP contribution is -2.46. The number of rotatable bonds is 8. The predicted molar refractivity (Wildman–Crippen MR) is 169 cm³/mol. The second-order valence-electron chi connectivity index (χ2n) is 10.8. The Morgan fingerprint density at radius 2 is 1.63 bits per heavy atom. The molecule has 14 heteroatoms. The maximum Gasteiger partial charge on any atom is 0.337 e. The summed E-state index contributed by atoms with van der Waals surface area (Å²) < 4.78 is 18.3. The van der Waals surface area contributed by atoms with Crippen LogP contribution in [0.2, 0.25) is 0 Å². The number of carbonyl (C=O) groups is 1. The van der Waals surface area contributed by atoms with Crippen molar-refractivity contribution in [2.24, 2.45) is 0 Å². The Hall–Kier alpha value is -5.79. The number of methoxy groups -OCH3 is 3. The number of benzene rings is 3. The molecular weight excluding hydrogens is 596 g/mol. The molecule has 14 nitrogen and oxygen atoms in total. The summed E-state index contributed by atoms with van der Waals surface area (Å²) in [5.41, 5.74) is 0.654. The number of nitro benzene ring substituents is 1. The molecule has 0 radical (unpaired) electrons. The topological polar surface area (TPSA) is 161 Å².